The lowest BCUT2D eigenvalue weighted by atomic mass is 10.0. The van der Waals surface area contributed by atoms with Crippen molar-refractivity contribution in [3.05, 3.63) is 42.1 Å². The highest BCUT2D eigenvalue weighted by molar-refractivity contribution is 5.81. The van der Waals surface area contributed by atoms with E-state index in [1.807, 2.05) is 12.3 Å². The maximum atomic E-state index is 5.63. The smallest absolute Gasteiger partial charge is 0.0749 e. The molecule has 0 aliphatic rings. The van der Waals surface area contributed by atoms with Gasteiger partial charge in [0.2, 0.25) is 0 Å². The predicted molar refractivity (Wildman–Crippen MR) is 83.9 cm³/mol. The first-order valence-corrected chi connectivity index (χ1v) is 7.51. The Balaban J connectivity index is 2.18. The number of benzene rings is 1. The van der Waals surface area contributed by atoms with E-state index in [1.54, 1.807) is 0 Å². The summed E-state index contributed by atoms with van der Waals surface area (Å²) in [6, 6.07) is 10.8. The summed E-state index contributed by atoms with van der Waals surface area (Å²) in [5.74, 6) is 0. The number of aromatic nitrogens is 1. The van der Waals surface area contributed by atoms with Gasteiger partial charge in [0.25, 0.3) is 0 Å². The second-order valence-corrected chi connectivity index (χ2v) is 4.93. The molecular formula is C17H24N2O. The van der Waals surface area contributed by atoms with E-state index in [2.05, 4.69) is 48.4 Å². The standard InChI is InChI=1S/C17H24N2O/c1-3-12-20-13-10-16(18-4-2)15-9-5-7-14-8-6-11-19-17(14)15/h5-9,11,16,18H,3-4,10,12-13H2,1-2H3. The summed E-state index contributed by atoms with van der Waals surface area (Å²) >= 11 is 0. The zero-order chi connectivity index (χ0) is 14.2. The molecule has 0 fully saturated rings. The zero-order valence-electron chi connectivity index (χ0n) is 12.4. The fourth-order valence-corrected chi connectivity index (χ4v) is 2.47. The average Bonchev–Trinajstić information content (AvgIpc) is 2.50. The van der Waals surface area contributed by atoms with Crippen LogP contribution in [0.2, 0.25) is 0 Å². The normalized spacial score (nSPS) is 12.7. The van der Waals surface area contributed by atoms with Crippen LogP contribution < -0.4 is 5.32 Å². The zero-order valence-corrected chi connectivity index (χ0v) is 12.4. The van der Waals surface area contributed by atoms with Crippen LogP contribution in [0.15, 0.2) is 36.5 Å². The van der Waals surface area contributed by atoms with E-state index < -0.39 is 0 Å². The topological polar surface area (TPSA) is 34.1 Å². The van der Waals surface area contributed by atoms with Gasteiger partial charge in [0.05, 0.1) is 5.52 Å². The molecule has 20 heavy (non-hydrogen) atoms. The Morgan fingerprint density at radius 2 is 2.00 bits per heavy atom. The van der Waals surface area contributed by atoms with Gasteiger partial charge in [0.15, 0.2) is 0 Å². The van der Waals surface area contributed by atoms with Crippen LogP contribution in [0.1, 0.15) is 38.3 Å². The van der Waals surface area contributed by atoms with E-state index in [0.717, 1.165) is 38.1 Å². The summed E-state index contributed by atoms with van der Waals surface area (Å²) in [6.45, 7) is 6.85. The lowest BCUT2D eigenvalue weighted by Crippen LogP contribution is -2.23. The van der Waals surface area contributed by atoms with Crippen molar-refractivity contribution in [3.63, 3.8) is 0 Å². The van der Waals surface area contributed by atoms with Gasteiger partial charge in [0, 0.05) is 30.8 Å². The van der Waals surface area contributed by atoms with Crippen molar-refractivity contribution in [1.29, 1.82) is 0 Å². The average molecular weight is 272 g/mol. The molecule has 3 nitrogen and oxygen atoms in total. The summed E-state index contributed by atoms with van der Waals surface area (Å²) in [6.07, 6.45) is 3.91. The van der Waals surface area contributed by atoms with Crippen molar-refractivity contribution in [1.82, 2.24) is 10.3 Å². The highest BCUT2D eigenvalue weighted by Gasteiger charge is 2.13. The molecule has 1 aromatic carbocycles. The molecule has 2 rings (SSSR count). The molecule has 0 bridgehead atoms. The summed E-state index contributed by atoms with van der Waals surface area (Å²) in [5.41, 5.74) is 2.36. The lowest BCUT2D eigenvalue weighted by Gasteiger charge is -2.19. The Labute approximate surface area is 121 Å². The first kappa shape index (κ1) is 14.9. The first-order chi connectivity index (χ1) is 9.86. The van der Waals surface area contributed by atoms with Crippen molar-refractivity contribution in [2.24, 2.45) is 0 Å². The van der Waals surface area contributed by atoms with E-state index in [1.165, 1.54) is 10.9 Å². The van der Waals surface area contributed by atoms with Gasteiger partial charge >= 0.3 is 0 Å². The van der Waals surface area contributed by atoms with E-state index in [9.17, 15) is 0 Å². The molecule has 0 saturated carbocycles. The maximum Gasteiger partial charge on any atom is 0.0749 e. The van der Waals surface area contributed by atoms with Crippen LogP contribution in [0.5, 0.6) is 0 Å². The monoisotopic (exact) mass is 272 g/mol. The molecule has 1 atom stereocenters. The van der Waals surface area contributed by atoms with E-state index in [4.69, 9.17) is 4.74 Å². The van der Waals surface area contributed by atoms with E-state index >= 15 is 0 Å². The Hall–Kier alpha value is -1.45. The third-order valence-corrected chi connectivity index (χ3v) is 3.39. The molecule has 0 spiro atoms. The van der Waals surface area contributed by atoms with Crippen LogP contribution in [0.4, 0.5) is 0 Å². The third kappa shape index (κ3) is 3.78. The third-order valence-electron chi connectivity index (χ3n) is 3.39. The number of fused-ring (bicyclic) bond motifs is 1. The van der Waals surface area contributed by atoms with Crippen LogP contribution in [0.3, 0.4) is 0 Å². The van der Waals surface area contributed by atoms with Gasteiger partial charge in [-0.3, -0.25) is 4.98 Å². The van der Waals surface area contributed by atoms with Crippen LogP contribution in [0.25, 0.3) is 10.9 Å². The summed E-state index contributed by atoms with van der Waals surface area (Å²) in [7, 11) is 0. The van der Waals surface area contributed by atoms with Gasteiger partial charge < -0.3 is 10.1 Å². The number of rotatable bonds is 8. The van der Waals surface area contributed by atoms with Gasteiger partial charge in [-0.25, -0.2) is 0 Å². The first-order valence-electron chi connectivity index (χ1n) is 7.51. The van der Waals surface area contributed by atoms with Gasteiger partial charge in [-0.05, 0) is 31.0 Å². The Kier molecular flexibility index (Phi) is 5.96. The minimum Gasteiger partial charge on any atom is -0.381 e. The van der Waals surface area contributed by atoms with Crippen LogP contribution in [-0.4, -0.2) is 24.7 Å². The molecule has 0 radical (unpaired) electrons. The number of para-hydroxylation sites is 1. The molecule has 0 aliphatic carbocycles. The van der Waals surface area contributed by atoms with Gasteiger partial charge in [-0.2, -0.15) is 0 Å². The molecular weight excluding hydrogens is 248 g/mol. The number of hydrogen-bond acceptors (Lipinski definition) is 3. The second-order valence-electron chi connectivity index (χ2n) is 4.93. The molecule has 0 amide bonds. The quantitative estimate of drug-likeness (QED) is 0.744. The van der Waals surface area contributed by atoms with E-state index in [0.29, 0.717) is 6.04 Å². The van der Waals surface area contributed by atoms with Crippen molar-refractivity contribution in [2.45, 2.75) is 32.7 Å². The Bertz CT molecular complexity index is 522. The Morgan fingerprint density at radius 1 is 1.15 bits per heavy atom. The van der Waals surface area contributed by atoms with E-state index in [-0.39, 0.29) is 0 Å². The number of nitrogens with zero attached hydrogens (tertiary/aromatic N) is 1. The lowest BCUT2D eigenvalue weighted by molar-refractivity contribution is 0.125. The number of nitrogens with one attached hydrogen (secondary N) is 1. The van der Waals surface area contributed by atoms with Gasteiger partial charge in [-0.15, -0.1) is 0 Å². The largest absolute Gasteiger partial charge is 0.381 e. The molecule has 108 valence electrons. The number of ether oxygens (including phenoxy) is 1. The highest BCUT2D eigenvalue weighted by Crippen LogP contribution is 2.24. The minimum absolute atomic E-state index is 0.301. The SMILES string of the molecule is CCCOCCC(NCC)c1cccc2cccnc12. The van der Waals surface area contributed by atoms with Gasteiger partial charge in [-0.1, -0.05) is 38.1 Å². The summed E-state index contributed by atoms with van der Waals surface area (Å²) in [4.78, 5) is 4.55. The molecule has 0 saturated heterocycles. The minimum atomic E-state index is 0.301. The van der Waals surface area contributed by atoms with Crippen LogP contribution >= 0.6 is 0 Å². The summed E-state index contributed by atoms with van der Waals surface area (Å²) < 4.78 is 5.63. The molecule has 3 heteroatoms. The Morgan fingerprint density at radius 3 is 2.80 bits per heavy atom. The molecule has 2 aromatic rings. The molecule has 1 unspecified atom stereocenters. The fraction of sp³-hybridized carbons (Fsp3) is 0.471. The van der Waals surface area contributed by atoms with Crippen molar-refractivity contribution in [2.75, 3.05) is 19.8 Å². The fourth-order valence-electron chi connectivity index (χ4n) is 2.47. The van der Waals surface area contributed by atoms with Gasteiger partial charge in [0.1, 0.15) is 0 Å². The van der Waals surface area contributed by atoms with Crippen molar-refractivity contribution in [3.8, 4) is 0 Å². The van der Waals surface area contributed by atoms with Crippen LogP contribution in [-0.2, 0) is 4.74 Å². The number of hydrogen-bond donors (Lipinski definition) is 1. The second kappa shape index (κ2) is 7.98. The molecule has 0 aliphatic heterocycles. The summed E-state index contributed by atoms with van der Waals surface area (Å²) in [5, 5.41) is 4.74. The van der Waals surface area contributed by atoms with Crippen LogP contribution in [0, 0.1) is 0 Å². The van der Waals surface area contributed by atoms with Crippen molar-refractivity contribution >= 4 is 10.9 Å². The highest BCUT2D eigenvalue weighted by atomic mass is 16.5. The molecule has 1 N–H and O–H groups in total. The maximum absolute atomic E-state index is 5.63. The number of pyridine rings is 1. The molecule has 1 heterocycles. The van der Waals surface area contributed by atoms with Crippen molar-refractivity contribution < 1.29 is 4.74 Å². The molecule has 1 aromatic heterocycles. The predicted octanol–water partition coefficient (Wildman–Crippen LogP) is 3.70.